The van der Waals surface area contributed by atoms with Gasteiger partial charge in [-0.3, -0.25) is 14.4 Å². The molecular formula is C24H25FN6O6. The SMILES string of the molecule is C[C@H](NC(=O)c1cc(C(=O)NCc2ccc3c(c2)NC(=O)CO3)nc2c(F)cnn12)C(=O)OC(C)(C)C. The van der Waals surface area contributed by atoms with Crippen molar-refractivity contribution in [1.82, 2.24) is 25.2 Å². The summed E-state index contributed by atoms with van der Waals surface area (Å²) in [6.45, 7) is 6.49. The predicted molar refractivity (Wildman–Crippen MR) is 127 cm³/mol. The van der Waals surface area contributed by atoms with Crippen LogP contribution in [0, 0.1) is 5.82 Å². The average molecular weight is 512 g/mol. The van der Waals surface area contributed by atoms with Gasteiger partial charge in [-0.2, -0.15) is 5.10 Å². The molecule has 4 rings (SSSR count). The maximum absolute atomic E-state index is 14.3. The zero-order valence-corrected chi connectivity index (χ0v) is 20.5. The minimum Gasteiger partial charge on any atom is -0.482 e. The number of ether oxygens (including phenoxy) is 2. The molecule has 0 aliphatic carbocycles. The topological polar surface area (TPSA) is 153 Å². The van der Waals surface area contributed by atoms with Crippen LogP contribution in [0.1, 0.15) is 54.2 Å². The Hall–Kier alpha value is -4.55. The van der Waals surface area contributed by atoms with E-state index in [2.05, 4.69) is 26.0 Å². The molecule has 13 heteroatoms. The van der Waals surface area contributed by atoms with Crippen molar-refractivity contribution < 1.29 is 33.0 Å². The number of benzene rings is 1. The number of carbonyl (C=O) groups is 4. The largest absolute Gasteiger partial charge is 0.482 e. The van der Waals surface area contributed by atoms with Crippen LogP contribution >= 0.6 is 0 Å². The van der Waals surface area contributed by atoms with Gasteiger partial charge in [0.25, 0.3) is 17.7 Å². The standard InChI is InChI=1S/C24H25FN6O6/c1-12(23(35)37-24(2,3)4)28-22(34)17-8-16(30-20-14(25)10-27-31(17)20)21(33)26-9-13-5-6-18-15(7-13)29-19(32)11-36-18/h5-8,10,12H,9,11H2,1-4H3,(H,26,33)(H,28,34)(H,29,32)/t12-/m0/s1. The molecule has 1 atom stereocenters. The van der Waals surface area contributed by atoms with Crippen LogP contribution in [0.2, 0.25) is 0 Å². The first-order valence-electron chi connectivity index (χ1n) is 11.3. The fourth-order valence-electron chi connectivity index (χ4n) is 3.45. The van der Waals surface area contributed by atoms with E-state index < -0.39 is 35.2 Å². The molecule has 0 fully saturated rings. The highest BCUT2D eigenvalue weighted by Gasteiger charge is 2.26. The number of hydrogen-bond acceptors (Lipinski definition) is 8. The molecule has 1 aliphatic heterocycles. The molecule has 194 valence electrons. The lowest BCUT2D eigenvalue weighted by molar-refractivity contribution is -0.156. The van der Waals surface area contributed by atoms with Crippen molar-refractivity contribution in [2.24, 2.45) is 0 Å². The Kier molecular flexibility index (Phi) is 6.79. The number of anilines is 1. The van der Waals surface area contributed by atoms with E-state index >= 15 is 0 Å². The Morgan fingerprint density at radius 2 is 2.00 bits per heavy atom. The van der Waals surface area contributed by atoms with E-state index in [4.69, 9.17) is 9.47 Å². The number of rotatable bonds is 6. The summed E-state index contributed by atoms with van der Waals surface area (Å²) in [5.41, 5.74) is -0.413. The summed E-state index contributed by atoms with van der Waals surface area (Å²) in [7, 11) is 0. The van der Waals surface area contributed by atoms with Gasteiger partial charge in [0.05, 0.1) is 11.9 Å². The molecule has 0 radical (unpaired) electrons. The first-order chi connectivity index (χ1) is 17.4. The first kappa shape index (κ1) is 25.5. The molecule has 37 heavy (non-hydrogen) atoms. The number of nitrogens with zero attached hydrogens (tertiary/aromatic N) is 3. The number of hydrogen-bond donors (Lipinski definition) is 3. The lowest BCUT2D eigenvalue weighted by atomic mass is 10.1. The number of fused-ring (bicyclic) bond motifs is 2. The molecule has 1 aliphatic rings. The summed E-state index contributed by atoms with van der Waals surface area (Å²) in [6, 6.07) is 5.14. The zero-order chi connectivity index (χ0) is 26.9. The highest BCUT2D eigenvalue weighted by atomic mass is 19.1. The average Bonchev–Trinajstić information content (AvgIpc) is 3.21. The second kappa shape index (κ2) is 9.84. The third kappa shape index (κ3) is 5.82. The van der Waals surface area contributed by atoms with E-state index in [0.29, 0.717) is 17.0 Å². The molecule has 3 N–H and O–H groups in total. The van der Waals surface area contributed by atoms with E-state index in [1.54, 1.807) is 39.0 Å². The number of esters is 1. The van der Waals surface area contributed by atoms with Crippen LogP contribution in [0.4, 0.5) is 10.1 Å². The fourth-order valence-corrected chi connectivity index (χ4v) is 3.45. The maximum atomic E-state index is 14.3. The van der Waals surface area contributed by atoms with Crippen LogP contribution in [0.15, 0.2) is 30.5 Å². The number of aromatic nitrogens is 3. The molecule has 1 aromatic carbocycles. The fraction of sp³-hybridized carbons (Fsp3) is 0.333. The molecule has 0 unspecified atom stereocenters. The van der Waals surface area contributed by atoms with Gasteiger partial charge in [-0.1, -0.05) is 6.07 Å². The minimum absolute atomic E-state index is 0.0494. The van der Waals surface area contributed by atoms with Crippen LogP contribution in [0.3, 0.4) is 0 Å². The minimum atomic E-state index is -1.03. The van der Waals surface area contributed by atoms with E-state index in [1.807, 2.05) is 0 Å². The lowest BCUT2D eigenvalue weighted by Crippen LogP contribution is -2.42. The van der Waals surface area contributed by atoms with Crippen molar-refractivity contribution in [3.8, 4) is 5.75 Å². The van der Waals surface area contributed by atoms with E-state index in [-0.39, 0.29) is 36.1 Å². The molecule has 12 nitrogen and oxygen atoms in total. The predicted octanol–water partition coefficient (Wildman–Crippen LogP) is 1.59. The second-order valence-electron chi connectivity index (χ2n) is 9.33. The smallest absolute Gasteiger partial charge is 0.328 e. The summed E-state index contributed by atoms with van der Waals surface area (Å²) in [5, 5.41) is 11.6. The van der Waals surface area contributed by atoms with Crippen LogP contribution < -0.4 is 20.7 Å². The van der Waals surface area contributed by atoms with Crippen molar-refractivity contribution in [2.75, 3.05) is 11.9 Å². The Labute approximate surface area is 210 Å². The summed E-state index contributed by atoms with van der Waals surface area (Å²) < 4.78 is 25.8. The third-order valence-electron chi connectivity index (χ3n) is 5.13. The van der Waals surface area contributed by atoms with Crippen LogP contribution in [-0.4, -0.2) is 56.5 Å². The van der Waals surface area contributed by atoms with Crippen molar-refractivity contribution in [1.29, 1.82) is 0 Å². The maximum Gasteiger partial charge on any atom is 0.328 e. The molecule has 3 aromatic rings. The van der Waals surface area contributed by atoms with Gasteiger partial charge in [0.1, 0.15) is 28.8 Å². The van der Waals surface area contributed by atoms with Gasteiger partial charge in [-0.15, -0.1) is 0 Å². The Morgan fingerprint density at radius 1 is 1.24 bits per heavy atom. The highest BCUT2D eigenvalue weighted by Crippen LogP contribution is 2.28. The van der Waals surface area contributed by atoms with Crippen LogP contribution in [-0.2, 0) is 20.9 Å². The van der Waals surface area contributed by atoms with E-state index in [9.17, 15) is 23.6 Å². The van der Waals surface area contributed by atoms with E-state index in [1.165, 1.54) is 6.92 Å². The quantitative estimate of drug-likeness (QED) is 0.421. The normalized spacial score (nSPS) is 13.7. The number of carbonyl (C=O) groups excluding carboxylic acids is 4. The van der Waals surface area contributed by atoms with Gasteiger partial charge in [-0.25, -0.2) is 18.7 Å². The zero-order valence-electron chi connectivity index (χ0n) is 20.5. The van der Waals surface area contributed by atoms with Gasteiger partial charge in [0.15, 0.2) is 18.1 Å². The van der Waals surface area contributed by atoms with Crippen molar-refractivity contribution in [3.63, 3.8) is 0 Å². The number of amides is 3. The van der Waals surface area contributed by atoms with Gasteiger partial charge in [0.2, 0.25) is 0 Å². The van der Waals surface area contributed by atoms with Gasteiger partial charge < -0.3 is 25.4 Å². The Morgan fingerprint density at radius 3 is 2.73 bits per heavy atom. The van der Waals surface area contributed by atoms with Gasteiger partial charge in [0, 0.05) is 12.6 Å². The van der Waals surface area contributed by atoms with Crippen molar-refractivity contribution in [2.45, 2.75) is 45.9 Å². The van der Waals surface area contributed by atoms with Gasteiger partial charge >= 0.3 is 5.97 Å². The third-order valence-corrected chi connectivity index (χ3v) is 5.13. The van der Waals surface area contributed by atoms with Crippen LogP contribution in [0.5, 0.6) is 5.75 Å². The number of halogens is 1. The highest BCUT2D eigenvalue weighted by molar-refractivity contribution is 5.99. The second-order valence-corrected chi connectivity index (χ2v) is 9.33. The van der Waals surface area contributed by atoms with Gasteiger partial charge in [-0.05, 0) is 45.4 Å². The summed E-state index contributed by atoms with van der Waals surface area (Å²) in [5.74, 6) is -2.75. The van der Waals surface area contributed by atoms with Crippen molar-refractivity contribution in [3.05, 3.63) is 53.2 Å². The van der Waals surface area contributed by atoms with Crippen molar-refractivity contribution >= 4 is 35.0 Å². The summed E-state index contributed by atoms with van der Waals surface area (Å²) in [4.78, 5) is 53.6. The van der Waals surface area contributed by atoms with E-state index in [0.717, 1.165) is 16.8 Å². The molecular weight excluding hydrogens is 487 g/mol. The molecule has 0 spiro atoms. The molecule has 0 bridgehead atoms. The summed E-state index contributed by atoms with van der Waals surface area (Å²) >= 11 is 0. The van der Waals surface area contributed by atoms with Crippen LogP contribution in [0.25, 0.3) is 5.65 Å². The molecule has 3 amide bonds. The Balaban J connectivity index is 1.53. The lowest BCUT2D eigenvalue weighted by Gasteiger charge is -2.22. The first-order valence-corrected chi connectivity index (χ1v) is 11.3. The molecule has 0 saturated heterocycles. The number of nitrogens with one attached hydrogen (secondary N) is 3. The molecule has 0 saturated carbocycles. The molecule has 3 heterocycles. The summed E-state index contributed by atoms with van der Waals surface area (Å²) in [6.07, 6.45) is 0.863. The monoisotopic (exact) mass is 512 g/mol. The molecule has 2 aromatic heterocycles. The Bertz CT molecular complexity index is 1410.